The number of rotatable bonds is 2. The lowest BCUT2D eigenvalue weighted by Gasteiger charge is -2.49. The summed E-state index contributed by atoms with van der Waals surface area (Å²) in [5, 5.41) is 8.93. The Kier molecular flexibility index (Phi) is 2.36. The summed E-state index contributed by atoms with van der Waals surface area (Å²) < 4.78 is 22.9. The molecule has 1 aliphatic heterocycles. The van der Waals surface area contributed by atoms with E-state index in [1.807, 2.05) is 6.07 Å². The predicted octanol–water partition coefficient (Wildman–Crippen LogP) is 0.629. The number of nitrogens with zero attached hydrogens (tertiary/aromatic N) is 2. The lowest BCUT2D eigenvalue weighted by atomic mass is 9.99. The van der Waals surface area contributed by atoms with E-state index in [0.29, 0.717) is 4.31 Å². The molecule has 0 aromatic rings. The minimum Gasteiger partial charge on any atom is -0.272 e. The number of amides is 1. The highest BCUT2D eigenvalue weighted by Crippen LogP contribution is 2.41. The van der Waals surface area contributed by atoms with Gasteiger partial charge in [0.05, 0.1) is 6.07 Å². The van der Waals surface area contributed by atoms with Gasteiger partial charge >= 0.3 is 0 Å². The van der Waals surface area contributed by atoms with Crippen LogP contribution in [0.2, 0.25) is 0 Å². The van der Waals surface area contributed by atoms with Gasteiger partial charge < -0.3 is 0 Å². The molecule has 0 radical (unpaired) electrons. The molecule has 1 rings (SSSR count). The molecule has 0 spiro atoms. The van der Waals surface area contributed by atoms with Crippen LogP contribution in [0.15, 0.2) is 0 Å². The standard InChI is InChI=1S/C9H14N2O3S/c1-5-9(4,6-10)11-7(12)8(2,3)15(11,13)14/h5H2,1-4H3. The molecular formula is C9H14N2O3S. The van der Waals surface area contributed by atoms with Crippen molar-refractivity contribution >= 4 is 15.9 Å². The van der Waals surface area contributed by atoms with Crippen LogP contribution in [0, 0.1) is 11.3 Å². The maximum absolute atomic E-state index is 11.8. The molecule has 1 heterocycles. The van der Waals surface area contributed by atoms with Gasteiger partial charge in [0.1, 0.15) is 5.54 Å². The van der Waals surface area contributed by atoms with Crippen LogP contribution in [0.1, 0.15) is 34.1 Å². The quantitative estimate of drug-likeness (QED) is 0.697. The number of nitriles is 1. The van der Waals surface area contributed by atoms with Crippen molar-refractivity contribution in [1.82, 2.24) is 4.31 Å². The first kappa shape index (κ1) is 12.0. The highest BCUT2D eigenvalue weighted by atomic mass is 32.2. The van der Waals surface area contributed by atoms with Gasteiger partial charge in [-0.25, -0.2) is 12.7 Å². The first-order chi connectivity index (χ1) is 6.65. The zero-order valence-electron chi connectivity index (χ0n) is 9.23. The molecular weight excluding hydrogens is 216 g/mol. The van der Waals surface area contributed by atoms with Gasteiger partial charge in [-0.1, -0.05) is 6.92 Å². The maximum atomic E-state index is 11.8. The molecule has 0 aliphatic carbocycles. The Balaban J connectivity index is 3.26. The van der Waals surface area contributed by atoms with Crippen molar-refractivity contribution in [1.29, 1.82) is 5.26 Å². The van der Waals surface area contributed by atoms with E-state index in [-0.39, 0.29) is 6.42 Å². The second kappa shape index (κ2) is 2.95. The number of carbonyl (C=O) groups excluding carboxylic acids is 1. The largest absolute Gasteiger partial charge is 0.272 e. The molecule has 0 saturated carbocycles. The van der Waals surface area contributed by atoms with E-state index in [1.165, 1.54) is 20.8 Å². The fourth-order valence-electron chi connectivity index (χ4n) is 1.41. The number of sulfonamides is 1. The fraction of sp³-hybridized carbons (Fsp3) is 0.778. The monoisotopic (exact) mass is 230 g/mol. The molecule has 1 aliphatic rings. The van der Waals surface area contributed by atoms with Crippen molar-refractivity contribution in [3.63, 3.8) is 0 Å². The van der Waals surface area contributed by atoms with Crippen LogP contribution in [0.4, 0.5) is 0 Å². The van der Waals surface area contributed by atoms with Crippen LogP contribution in [0.5, 0.6) is 0 Å². The van der Waals surface area contributed by atoms with E-state index < -0.39 is 26.2 Å². The molecule has 6 heteroatoms. The van der Waals surface area contributed by atoms with Gasteiger partial charge in [0.2, 0.25) is 0 Å². The summed E-state index contributed by atoms with van der Waals surface area (Å²) in [7, 11) is -3.67. The summed E-state index contributed by atoms with van der Waals surface area (Å²) in [4.78, 5) is 11.7. The summed E-state index contributed by atoms with van der Waals surface area (Å²) in [6, 6.07) is 1.88. The molecule has 1 fully saturated rings. The maximum Gasteiger partial charge on any atom is 0.260 e. The van der Waals surface area contributed by atoms with E-state index in [0.717, 1.165) is 0 Å². The van der Waals surface area contributed by atoms with Crippen LogP contribution in [0.3, 0.4) is 0 Å². The average Bonchev–Trinajstić information content (AvgIpc) is 2.17. The van der Waals surface area contributed by atoms with Crippen molar-refractivity contribution in [2.45, 2.75) is 44.4 Å². The summed E-state index contributed by atoms with van der Waals surface area (Å²) in [5.41, 5.74) is -1.26. The highest BCUT2D eigenvalue weighted by Gasteiger charge is 2.65. The van der Waals surface area contributed by atoms with Crippen LogP contribution in [-0.2, 0) is 14.8 Å². The van der Waals surface area contributed by atoms with Gasteiger partial charge in [-0.15, -0.1) is 0 Å². The topological polar surface area (TPSA) is 78.2 Å². The van der Waals surface area contributed by atoms with Gasteiger partial charge in [0.15, 0.2) is 4.75 Å². The third-order valence-electron chi connectivity index (χ3n) is 2.96. The number of hydrogen-bond donors (Lipinski definition) is 0. The third kappa shape index (κ3) is 1.19. The van der Waals surface area contributed by atoms with E-state index in [1.54, 1.807) is 6.92 Å². The summed E-state index contributed by atoms with van der Waals surface area (Å²) in [5.74, 6) is -0.506. The van der Waals surface area contributed by atoms with Gasteiger partial charge in [0, 0.05) is 0 Å². The Hall–Kier alpha value is -1.09. The van der Waals surface area contributed by atoms with Crippen LogP contribution < -0.4 is 0 Å². The minimum absolute atomic E-state index is 0.282. The zero-order chi connectivity index (χ0) is 12.1. The molecule has 15 heavy (non-hydrogen) atoms. The first-order valence-corrected chi connectivity index (χ1v) is 6.10. The van der Waals surface area contributed by atoms with E-state index in [2.05, 4.69) is 0 Å². The number of carbonyl (C=O) groups is 1. The Morgan fingerprint density at radius 3 is 2.27 bits per heavy atom. The molecule has 84 valence electrons. The smallest absolute Gasteiger partial charge is 0.260 e. The Bertz CT molecular complexity index is 446. The van der Waals surface area contributed by atoms with E-state index in [4.69, 9.17) is 5.26 Å². The van der Waals surface area contributed by atoms with E-state index in [9.17, 15) is 13.2 Å². The van der Waals surface area contributed by atoms with Gasteiger partial charge in [-0.05, 0) is 27.2 Å². The third-order valence-corrected chi connectivity index (χ3v) is 5.48. The van der Waals surface area contributed by atoms with Crippen LogP contribution in [0.25, 0.3) is 0 Å². The van der Waals surface area contributed by atoms with Crippen molar-refractivity contribution < 1.29 is 13.2 Å². The van der Waals surface area contributed by atoms with Crippen LogP contribution >= 0.6 is 0 Å². The van der Waals surface area contributed by atoms with Gasteiger partial charge in [-0.3, -0.25) is 4.79 Å². The fourth-order valence-corrected chi connectivity index (χ4v) is 3.19. The zero-order valence-corrected chi connectivity index (χ0v) is 10.1. The summed E-state index contributed by atoms with van der Waals surface area (Å²) in [6.45, 7) is 5.85. The second-order valence-electron chi connectivity index (χ2n) is 4.32. The molecule has 5 nitrogen and oxygen atoms in total. The number of hydrogen-bond acceptors (Lipinski definition) is 4. The van der Waals surface area contributed by atoms with Crippen molar-refractivity contribution in [3.8, 4) is 6.07 Å². The molecule has 0 N–H and O–H groups in total. The molecule has 1 unspecified atom stereocenters. The molecule has 1 saturated heterocycles. The molecule has 0 aromatic heterocycles. The lowest BCUT2D eigenvalue weighted by Crippen LogP contribution is -2.72. The molecule has 0 aromatic carbocycles. The lowest BCUT2D eigenvalue weighted by molar-refractivity contribution is -0.135. The Morgan fingerprint density at radius 2 is 2.00 bits per heavy atom. The van der Waals surface area contributed by atoms with Gasteiger partial charge in [0.25, 0.3) is 15.9 Å². The van der Waals surface area contributed by atoms with E-state index >= 15 is 0 Å². The highest BCUT2D eigenvalue weighted by molar-refractivity contribution is 7.94. The molecule has 1 atom stereocenters. The SMILES string of the molecule is CCC(C)(C#N)N1C(=O)C(C)(C)S1(=O)=O. The molecule has 1 amide bonds. The minimum atomic E-state index is -3.67. The summed E-state index contributed by atoms with van der Waals surface area (Å²) in [6.07, 6.45) is 0.282. The Labute approximate surface area is 89.7 Å². The first-order valence-electron chi connectivity index (χ1n) is 4.66. The average molecular weight is 230 g/mol. The van der Waals surface area contributed by atoms with Crippen LogP contribution in [-0.4, -0.2) is 28.9 Å². The normalized spacial score (nSPS) is 26.3. The van der Waals surface area contributed by atoms with Crippen molar-refractivity contribution in [3.05, 3.63) is 0 Å². The van der Waals surface area contributed by atoms with Crippen molar-refractivity contribution in [2.24, 2.45) is 0 Å². The van der Waals surface area contributed by atoms with Gasteiger partial charge in [-0.2, -0.15) is 5.26 Å². The predicted molar refractivity (Wildman–Crippen MR) is 54.2 cm³/mol. The van der Waals surface area contributed by atoms with Crippen molar-refractivity contribution in [2.75, 3.05) is 0 Å². The molecule has 0 bridgehead atoms. The Morgan fingerprint density at radius 1 is 1.53 bits per heavy atom. The second-order valence-corrected chi connectivity index (χ2v) is 6.66. The summed E-state index contributed by atoms with van der Waals surface area (Å²) >= 11 is 0.